The Kier molecular flexibility index (Phi) is 3.97. The number of nitrogens with zero attached hydrogens (tertiary/aromatic N) is 2. The highest BCUT2D eigenvalue weighted by Gasteiger charge is 2.16. The number of thioether (sulfide) groups is 1. The van der Waals surface area contributed by atoms with Gasteiger partial charge in [0.1, 0.15) is 12.1 Å². The summed E-state index contributed by atoms with van der Waals surface area (Å²) in [5.41, 5.74) is 0.863. The summed E-state index contributed by atoms with van der Waals surface area (Å²) in [4.78, 5) is 8.53. The molecule has 2 aromatic rings. The third-order valence-corrected chi connectivity index (χ3v) is 4.32. The molecule has 0 aliphatic carbocycles. The molecule has 1 heterocycles. The normalized spacial score (nSPS) is 11.8. The molecule has 0 radical (unpaired) electrons. The van der Waals surface area contributed by atoms with Crippen molar-refractivity contribution < 1.29 is 0 Å². The zero-order valence-corrected chi connectivity index (χ0v) is 12.3. The van der Waals surface area contributed by atoms with E-state index in [1.54, 1.807) is 6.33 Å². The molecule has 1 aromatic heterocycles. The minimum absolute atomic E-state index is 0.170. The molecule has 1 N–H and O–H groups in total. The van der Waals surface area contributed by atoms with Crippen LogP contribution in [0, 0.1) is 0 Å². The molecule has 0 fully saturated rings. The summed E-state index contributed by atoms with van der Waals surface area (Å²) in [5, 5.41) is 5.07. The largest absolute Gasteiger partial charge is 0.368 e. The fourth-order valence-corrected chi connectivity index (χ4v) is 1.92. The second-order valence-electron chi connectivity index (χ2n) is 4.70. The molecule has 0 amide bonds. The number of benzene rings is 1. The predicted molar refractivity (Wildman–Crippen MR) is 80.6 cm³/mol. The average Bonchev–Trinajstić information content (AvgIpc) is 2.36. The lowest BCUT2D eigenvalue weighted by Gasteiger charge is -2.22. The Morgan fingerprint density at radius 3 is 2.83 bits per heavy atom. The van der Waals surface area contributed by atoms with E-state index in [0.29, 0.717) is 5.02 Å². The van der Waals surface area contributed by atoms with Gasteiger partial charge in [0.25, 0.3) is 0 Å². The maximum atomic E-state index is 5.96. The Bertz CT molecular complexity index is 557. The van der Waals surface area contributed by atoms with E-state index in [1.165, 1.54) is 0 Å². The molecule has 0 saturated carbocycles. The van der Waals surface area contributed by atoms with E-state index < -0.39 is 0 Å². The summed E-state index contributed by atoms with van der Waals surface area (Å²) in [6, 6.07) is 5.66. The van der Waals surface area contributed by atoms with Gasteiger partial charge in [-0.3, -0.25) is 0 Å². The van der Waals surface area contributed by atoms with Crippen molar-refractivity contribution in [2.24, 2.45) is 0 Å². The summed E-state index contributed by atoms with van der Waals surface area (Å²) in [7, 11) is 0. The van der Waals surface area contributed by atoms with Crippen LogP contribution in [0.2, 0.25) is 5.02 Å². The van der Waals surface area contributed by atoms with Crippen molar-refractivity contribution in [1.29, 1.82) is 0 Å². The molecule has 0 bridgehead atoms. The van der Waals surface area contributed by atoms with Gasteiger partial charge in [-0.25, -0.2) is 9.97 Å². The quantitative estimate of drug-likeness (QED) is 0.924. The Morgan fingerprint density at radius 1 is 1.33 bits per heavy atom. The summed E-state index contributed by atoms with van der Waals surface area (Å²) in [6.07, 6.45) is 3.67. The molecule has 0 aliphatic heterocycles. The molecular formula is C13H16ClN3S. The van der Waals surface area contributed by atoms with E-state index in [1.807, 2.05) is 30.0 Å². The van der Waals surface area contributed by atoms with Crippen LogP contribution in [0.1, 0.15) is 13.8 Å². The molecule has 0 saturated heterocycles. The van der Waals surface area contributed by atoms with Gasteiger partial charge in [0.15, 0.2) is 0 Å². The highest BCUT2D eigenvalue weighted by molar-refractivity contribution is 7.99. The van der Waals surface area contributed by atoms with Crippen molar-refractivity contribution in [3.63, 3.8) is 0 Å². The van der Waals surface area contributed by atoms with Crippen LogP contribution in [0.5, 0.6) is 0 Å². The maximum absolute atomic E-state index is 5.96. The summed E-state index contributed by atoms with van der Waals surface area (Å²) in [6.45, 7) is 5.25. The van der Waals surface area contributed by atoms with Gasteiger partial charge in [-0.05, 0) is 38.3 Å². The smallest absolute Gasteiger partial charge is 0.137 e. The number of halogens is 1. The van der Waals surface area contributed by atoms with Gasteiger partial charge in [0.05, 0.1) is 5.52 Å². The number of rotatable bonds is 4. The van der Waals surface area contributed by atoms with E-state index >= 15 is 0 Å². The standard InChI is InChI=1S/C13H16ClN3S/c1-13(2,18-3)7-15-12-10-5-4-9(14)6-11(10)16-8-17-12/h4-6,8H,7H2,1-3H3,(H,15,16,17). The highest BCUT2D eigenvalue weighted by atomic mass is 35.5. The number of nitrogens with one attached hydrogen (secondary N) is 1. The first-order valence-electron chi connectivity index (χ1n) is 5.71. The van der Waals surface area contributed by atoms with Gasteiger partial charge in [-0.15, -0.1) is 0 Å². The monoisotopic (exact) mass is 281 g/mol. The Morgan fingerprint density at radius 2 is 2.11 bits per heavy atom. The number of hydrogen-bond acceptors (Lipinski definition) is 4. The summed E-state index contributed by atoms with van der Waals surface area (Å²) >= 11 is 7.79. The Hall–Kier alpha value is -1.00. The van der Waals surface area contributed by atoms with Crippen molar-refractivity contribution in [2.75, 3.05) is 18.1 Å². The summed E-state index contributed by atoms with van der Waals surface area (Å²) in [5.74, 6) is 0.860. The topological polar surface area (TPSA) is 37.8 Å². The van der Waals surface area contributed by atoms with Gasteiger partial charge in [0.2, 0.25) is 0 Å². The van der Waals surface area contributed by atoms with Crippen LogP contribution in [0.15, 0.2) is 24.5 Å². The molecule has 0 atom stereocenters. The van der Waals surface area contributed by atoms with Gasteiger partial charge in [-0.1, -0.05) is 11.6 Å². The second-order valence-corrected chi connectivity index (χ2v) is 6.65. The molecule has 3 nitrogen and oxygen atoms in total. The predicted octanol–water partition coefficient (Wildman–Crippen LogP) is 3.84. The van der Waals surface area contributed by atoms with Crippen LogP contribution in [-0.2, 0) is 0 Å². The molecule has 2 rings (SSSR count). The van der Waals surface area contributed by atoms with Crippen LogP contribution < -0.4 is 5.32 Å². The number of aromatic nitrogens is 2. The van der Waals surface area contributed by atoms with Gasteiger partial charge < -0.3 is 5.32 Å². The van der Waals surface area contributed by atoms with E-state index in [9.17, 15) is 0 Å². The van der Waals surface area contributed by atoms with E-state index in [0.717, 1.165) is 23.3 Å². The Balaban J connectivity index is 2.29. The zero-order valence-electron chi connectivity index (χ0n) is 10.7. The van der Waals surface area contributed by atoms with Crippen LogP contribution >= 0.6 is 23.4 Å². The molecule has 0 aliphatic rings. The first-order valence-corrected chi connectivity index (χ1v) is 7.31. The molecule has 0 spiro atoms. The van der Waals surface area contributed by atoms with Gasteiger partial charge in [-0.2, -0.15) is 11.8 Å². The van der Waals surface area contributed by atoms with Crippen molar-refractivity contribution in [2.45, 2.75) is 18.6 Å². The van der Waals surface area contributed by atoms with Crippen molar-refractivity contribution in [3.05, 3.63) is 29.5 Å². The van der Waals surface area contributed by atoms with Crippen LogP contribution in [0.3, 0.4) is 0 Å². The third kappa shape index (κ3) is 3.06. The van der Waals surface area contributed by atoms with E-state index in [2.05, 4.69) is 35.4 Å². The van der Waals surface area contributed by atoms with Crippen molar-refractivity contribution in [1.82, 2.24) is 9.97 Å². The van der Waals surface area contributed by atoms with E-state index in [4.69, 9.17) is 11.6 Å². The fourth-order valence-electron chi connectivity index (χ4n) is 1.54. The molecule has 96 valence electrons. The average molecular weight is 282 g/mol. The van der Waals surface area contributed by atoms with Crippen LogP contribution in [0.25, 0.3) is 10.9 Å². The number of anilines is 1. The second kappa shape index (κ2) is 5.33. The maximum Gasteiger partial charge on any atom is 0.137 e. The van der Waals surface area contributed by atoms with Gasteiger partial charge >= 0.3 is 0 Å². The number of hydrogen-bond donors (Lipinski definition) is 1. The lowest BCUT2D eigenvalue weighted by Crippen LogP contribution is -2.26. The molecule has 1 aromatic carbocycles. The minimum Gasteiger partial charge on any atom is -0.368 e. The zero-order chi connectivity index (χ0) is 13.2. The van der Waals surface area contributed by atoms with Crippen LogP contribution in [-0.4, -0.2) is 27.5 Å². The highest BCUT2D eigenvalue weighted by Crippen LogP contribution is 2.25. The summed E-state index contributed by atoms with van der Waals surface area (Å²) < 4.78 is 0.170. The molecule has 0 unspecified atom stereocenters. The van der Waals surface area contributed by atoms with Crippen LogP contribution in [0.4, 0.5) is 5.82 Å². The first-order chi connectivity index (χ1) is 8.52. The van der Waals surface area contributed by atoms with Crippen molar-refractivity contribution in [3.8, 4) is 0 Å². The molecular weight excluding hydrogens is 266 g/mol. The molecule has 5 heteroatoms. The fraction of sp³-hybridized carbons (Fsp3) is 0.385. The van der Waals surface area contributed by atoms with Gasteiger partial charge in [0, 0.05) is 21.7 Å². The lowest BCUT2D eigenvalue weighted by molar-refractivity contribution is 0.750. The Labute approximate surface area is 116 Å². The van der Waals surface area contributed by atoms with E-state index in [-0.39, 0.29) is 4.75 Å². The van der Waals surface area contributed by atoms with Crippen molar-refractivity contribution >= 4 is 40.1 Å². The lowest BCUT2D eigenvalue weighted by atomic mass is 10.2. The molecule has 18 heavy (non-hydrogen) atoms. The third-order valence-electron chi connectivity index (χ3n) is 2.83. The minimum atomic E-state index is 0.170. The number of fused-ring (bicyclic) bond motifs is 1. The SMILES string of the molecule is CSC(C)(C)CNc1ncnc2cc(Cl)ccc12. The first kappa shape index (κ1) is 13.4.